The summed E-state index contributed by atoms with van der Waals surface area (Å²) in [5, 5.41) is 6.42. The van der Waals surface area contributed by atoms with Crippen molar-refractivity contribution in [3.8, 4) is 0 Å². The van der Waals surface area contributed by atoms with Gasteiger partial charge in [0.1, 0.15) is 0 Å². The predicted molar refractivity (Wildman–Crippen MR) is 90.5 cm³/mol. The van der Waals surface area contributed by atoms with Gasteiger partial charge in [-0.25, -0.2) is 4.79 Å². The summed E-state index contributed by atoms with van der Waals surface area (Å²) in [6, 6.07) is 7.55. The van der Waals surface area contributed by atoms with Crippen molar-refractivity contribution in [2.24, 2.45) is 0 Å². The molecule has 1 aromatic rings. The van der Waals surface area contributed by atoms with Gasteiger partial charge in [-0.2, -0.15) is 0 Å². The summed E-state index contributed by atoms with van der Waals surface area (Å²) in [5.74, 6) is -0.00682. The summed E-state index contributed by atoms with van der Waals surface area (Å²) >= 11 is 5.93. The Morgan fingerprint density at radius 1 is 1.35 bits per heavy atom. The first kappa shape index (κ1) is 17.6. The number of benzene rings is 1. The van der Waals surface area contributed by atoms with E-state index in [0.717, 1.165) is 5.56 Å². The molecule has 1 aromatic carbocycles. The van der Waals surface area contributed by atoms with Crippen molar-refractivity contribution in [3.63, 3.8) is 0 Å². The average Bonchev–Trinajstić information content (AvgIpc) is 2.73. The number of urea groups is 1. The van der Waals surface area contributed by atoms with Crippen LogP contribution in [0, 0.1) is 0 Å². The van der Waals surface area contributed by atoms with Crippen molar-refractivity contribution >= 4 is 23.5 Å². The second-order valence-electron chi connectivity index (χ2n) is 5.80. The van der Waals surface area contributed by atoms with Gasteiger partial charge in [0.25, 0.3) is 0 Å². The Bertz CT molecular complexity index is 548. The van der Waals surface area contributed by atoms with Crippen molar-refractivity contribution in [2.45, 2.75) is 12.5 Å². The molecule has 1 aliphatic heterocycles. The molecule has 3 amide bonds. The smallest absolute Gasteiger partial charge is 0.317 e. The fourth-order valence-electron chi connectivity index (χ4n) is 2.55. The Kier molecular flexibility index (Phi) is 6.24. The Morgan fingerprint density at radius 3 is 2.70 bits per heavy atom. The van der Waals surface area contributed by atoms with Crippen LogP contribution in [0.3, 0.4) is 0 Å². The van der Waals surface area contributed by atoms with Gasteiger partial charge in [0.2, 0.25) is 5.91 Å². The van der Waals surface area contributed by atoms with Crippen LogP contribution in [-0.4, -0.2) is 62.0 Å². The summed E-state index contributed by atoms with van der Waals surface area (Å²) in [6.45, 7) is 1.97. The van der Waals surface area contributed by atoms with Gasteiger partial charge in [-0.05, 0) is 31.8 Å². The molecule has 23 heavy (non-hydrogen) atoms. The lowest BCUT2D eigenvalue weighted by molar-refractivity contribution is -0.120. The maximum atomic E-state index is 12.3. The number of carbonyl (C=O) groups excluding carboxylic acids is 2. The van der Waals surface area contributed by atoms with Crippen LogP contribution in [0.5, 0.6) is 0 Å². The van der Waals surface area contributed by atoms with Gasteiger partial charge in [-0.15, -0.1) is 0 Å². The molecular formula is C16H23ClN4O2. The van der Waals surface area contributed by atoms with Gasteiger partial charge in [0, 0.05) is 37.6 Å². The highest BCUT2D eigenvalue weighted by atomic mass is 35.5. The second kappa shape index (κ2) is 8.17. The van der Waals surface area contributed by atoms with Crippen molar-refractivity contribution in [1.82, 2.24) is 20.4 Å². The lowest BCUT2D eigenvalue weighted by Gasteiger charge is -2.27. The molecule has 2 rings (SSSR count). The second-order valence-corrected chi connectivity index (χ2v) is 6.24. The average molecular weight is 339 g/mol. The van der Waals surface area contributed by atoms with Crippen LogP contribution in [0.4, 0.5) is 4.79 Å². The van der Waals surface area contributed by atoms with E-state index in [0.29, 0.717) is 37.6 Å². The first-order chi connectivity index (χ1) is 11.0. The zero-order valence-corrected chi connectivity index (χ0v) is 14.3. The first-order valence-electron chi connectivity index (χ1n) is 7.68. The summed E-state index contributed by atoms with van der Waals surface area (Å²) in [5.41, 5.74) is 1.09. The summed E-state index contributed by atoms with van der Waals surface area (Å²) in [6.07, 6.45) is 0.349. The minimum Gasteiger partial charge on any atom is -0.354 e. The van der Waals surface area contributed by atoms with E-state index in [9.17, 15) is 9.59 Å². The van der Waals surface area contributed by atoms with Crippen LogP contribution >= 0.6 is 11.6 Å². The molecule has 1 aliphatic rings. The molecule has 2 N–H and O–H groups in total. The molecule has 126 valence electrons. The topological polar surface area (TPSA) is 64.7 Å². The van der Waals surface area contributed by atoms with E-state index in [1.54, 1.807) is 4.90 Å². The number of rotatable bonds is 4. The van der Waals surface area contributed by atoms with Crippen LogP contribution < -0.4 is 10.6 Å². The zero-order valence-electron chi connectivity index (χ0n) is 13.5. The molecule has 0 radical (unpaired) electrons. The Labute approximate surface area is 141 Å². The van der Waals surface area contributed by atoms with Gasteiger partial charge in [-0.3, -0.25) is 4.79 Å². The minimum absolute atomic E-state index is 0.00682. The molecule has 1 fully saturated rings. The Balaban J connectivity index is 1.94. The SMILES string of the molecule is CN(C)[C@@H](CNC(=O)N1CCNC(=O)CC1)c1ccc(Cl)cc1. The van der Waals surface area contributed by atoms with Crippen molar-refractivity contribution < 1.29 is 9.59 Å². The fraction of sp³-hybridized carbons (Fsp3) is 0.500. The third-order valence-electron chi connectivity index (χ3n) is 3.92. The summed E-state index contributed by atoms with van der Waals surface area (Å²) < 4.78 is 0. The molecule has 0 aromatic heterocycles. The van der Waals surface area contributed by atoms with Crippen LogP contribution in [0.15, 0.2) is 24.3 Å². The van der Waals surface area contributed by atoms with Crippen molar-refractivity contribution in [3.05, 3.63) is 34.9 Å². The number of amides is 3. The molecule has 6 nitrogen and oxygen atoms in total. The van der Waals surface area contributed by atoms with Crippen molar-refractivity contribution in [1.29, 1.82) is 0 Å². The summed E-state index contributed by atoms with van der Waals surface area (Å²) in [7, 11) is 3.94. The van der Waals surface area contributed by atoms with E-state index >= 15 is 0 Å². The number of carbonyl (C=O) groups is 2. The van der Waals surface area contributed by atoms with Crippen LogP contribution in [0.1, 0.15) is 18.0 Å². The monoisotopic (exact) mass is 338 g/mol. The molecule has 0 bridgehead atoms. The number of likely N-dealkylation sites (N-methyl/N-ethyl adjacent to an activating group) is 1. The molecule has 1 heterocycles. The van der Waals surface area contributed by atoms with Crippen molar-refractivity contribution in [2.75, 3.05) is 40.3 Å². The van der Waals surface area contributed by atoms with E-state index in [2.05, 4.69) is 15.5 Å². The van der Waals surface area contributed by atoms with Crippen LogP contribution in [0.25, 0.3) is 0 Å². The van der Waals surface area contributed by atoms with E-state index < -0.39 is 0 Å². The number of nitrogens with zero attached hydrogens (tertiary/aromatic N) is 2. The molecule has 0 unspecified atom stereocenters. The standard InChI is InChI=1S/C16H23ClN4O2/c1-20(2)14(12-3-5-13(17)6-4-12)11-19-16(23)21-9-7-15(22)18-8-10-21/h3-6,14H,7-11H2,1-2H3,(H,18,22)(H,19,23)/t14-/m0/s1. The normalized spacial score (nSPS) is 16.7. The summed E-state index contributed by atoms with van der Waals surface area (Å²) in [4.78, 5) is 27.4. The quantitative estimate of drug-likeness (QED) is 0.874. The van der Waals surface area contributed by atoms with E-state index in [4.69, 9.17) is 11.6 Å². The maximum Gasteiger partial charge on any atom is 0.317 e. The lowest BCUT2D eigenvalue weighted by atomic mass is 10.1. The molecule has 0 saturated carbocycles. The third-order valence-corrected chi connectivity index (χ3v) is 4.18. The number of hydrogen-bond donors (Lipinski definition) is 2. The van der Waals surface area contributed by atoms with Gasteiger partial charge in [0.05, 0.1) is 6.04 Å². The molecule has 0 spiro atoms. The third kappa shape index (κ3) is 5.11. The molecule has 1 saturated heterocycles. The van der Waals surface area contributed by atoms with E-state index in [1.165, 1.54) is 0 Å². The van der Waals surface area contributed by atoms with Crippen LogP contribution in [-0.2, 0) is 4.79 Å². The highest BCUT2D eigenvalue weighted by molar-refractivity contribution is 6.30. The Hall–Kier alpha value is -1.79. The molecule has 0 aliphatic carbocycles. The molecular weight excluding hydrogens is 316 g/mol. The molecule has 1 atom stereocenters. The van der Waals surface area contributed by atoms with Gasteiger partial charge in [-0.1, -0.05) is 23.7 Å². The van der Waals surface area contributed by atoms with Gasteiger partial charge in [0.15, 0.2) is 0 Å². The maximum absolute atomic E-state index is 12.3. The largest absolute Gasteiger partial charge is 0.354 e. The van der Waals surface area contributed by atoms with Crippen LogP contribution in [0.2, 0.25) is 5.02 Å². The van der Waals surface area contributed by atoms with E-state index in [-0.39, 0.29) is 18.0 Å². The molecule has 7 heteroatoms. The van der Waals surface area contributed by atoms with Gasteiger partial charge < -0.3 is 20.4 Å². The predicted octanol–water partition coefficient (Wildman–Crippen LogP) is 1.47. The highest BCUT2D eigenvalue weighted by Crippen LogP contribution is 2.19. The van der Waals surface area contributed by atoms with E-state index in [1.807, 2.05) is 38.4 Å². The highest BCUT2D eigenvalue weighted by Gasteiger charge is 2.20. The number of nitrogens with one attached hydrogen (secondary N) is 2. The number of hydrogen-bond acceptors (Lipinski definition) is 3. The zero-order chi connectivity index (χ0) is 16.8. The first-order valence-corrected chi connectivity index (χ1v) is 8.06. The fourth-order valence-corrected chi connectivity index (χ4v) is 2.68. The number of halogens is 1. The minimum atomic E-state index is -0.137. The Morgan fingerprint density at radius 2 is 2.04 bits per heavy atom. The lowest BCUT2D eigenvalue weighted by Crippen LogP contribution is -2.44. The van der Waals surface area contributed by atoms with Gasteiger partial charge >= 0.3 is 6.03 Å².